The molecule has 0 spiro atoms. The maximum absolute atomic E-state index is 12.5. The summed E-state index contributed by atoms with van der Waals surface area (Å²) < 4.78 is 10.7. The number of nitro groups is 1. The third-order valence-corrected chi connectivity index (χ3v) is 8.66. The van der Waals surface area contributed by atoms with Gasteiger partial charge in [-0.05, 0) is 53.4 Å². The molecule has 0 saturated heterocycles. The first kappa shape index (κ1) is 30.3. The lowest BCUT2D eigenvalue weighted by molar-refractivity contribution is -0.481. The number of nitrogens with one attached hydrogen (secondary N) is 3. The average Bonchev–Trinajstić information content (AvgIpc) is 3.35. The molecule has 1 aromatic heterocycles. The second-order valence-electron chi connectivity index (χ2n) is 11.4. The third-order valence-electron chi connectivity index (χ3n) is 6.95. The summed E-state index contributed by atoms with van der Waals surface area (Å²) in [6.45, 7) is 8.61. The maximum Gasteiger partial charge on any atom is 0.411 e. The van der Waals surface area contributed by atoms with Gasteiger partial charge in [-0.15, -0.1) is 0 Å². The molecule has 1 atom stereocenters. The van der Waals surface area contributed by atoms with Crippen LogP contribution in [0.1, 0.15) is 28.2 Å². The minimum atomic E-state index is -1.32. The van der Waals surface area contributed by atoms with E-state index in [2.05, 4.69) is 35.3 Å². The van der Waals surface area contributed by atoms with E-state index in [9.17, 15) is 19.7 Å². The van der Waals surface area contributed by atoms with Crippen LogP contribution in [0.15, 0.2) is 72.9 Å². The first-order chi connectivity index (χ1) is 20.0. The number of amides is 2. The van der Waals surface area contributed by atoms with Crippen molar-refractivity contribution in [2.75, 3.05) is 23.8 Å². The SMILES string of the molecule is Cc1c(NC(=O)OCc2ccccc2)cccc1C(C[N+](=O)[O-])c1c[nH]c2cc(NC(=O)OCC[Si](C)(C)C)ccc12. The molecule has 2 amide bonds. The van der Waals surface area contributed by atoms with Crippen molar-refractivity contribution in [3.8, 4) is 0 Å². The van der Waals surface area contributed by atoms with Gasteiger partial charge in [-0.3, -0.25) is 20.7 Å². The number of aromatic amines is 1. The molecule has 0 aliphatic carbocycles. The number of fused-ring (bicyclic) bond motifs is 1. The minimum absolute atomic E-state index is 0.123. The number of aromatic nitrogens is 1. The highest BCUT2D eigenvalue weighted by Gasteiger charge is 2.26. The van der Waals surface area contributed by atoms with Gasteiger partial charge in [0.25, 0.3) is 0 Å². The normalized spacial score (nSPS) is 12.0. The number of rotatable bonds is 11. The summed E-state index contributed by atoms with van der Waals surface area (Å²) in [6.07, 6.45) is 0.617. The monoisotopic (exact) mass is 588 g/mol. The summed E-state index contributed by atoms with van der Waals surface area (Å²) in [5, 5.41) is 18.1. The quantitative estimate of drug-likeness (QED) is 0.0942. The minimum Gasteiger partial charge on any atom is -0.450 e. The van der Waals surface area contributed by atoms with Gasteiger partial charge in [0.1, 0.15) is 6.61 Å². The standard InChI is InChI=1S/C31H36N4O6Si/c1-21-24(11-8-12-28(21)34-31(37)41-20-22-9-6-5-7-10-22)27(19-35(38)39)26-18-32-29-17-23(13-14-25(26)29)33-30(36)40-15-16-42(2,3)4/h5-14,17-18,27,32H,15-16,19-20H2,1-4H3,(H,33,36)(H,34,37). The van der Waals surface area contributed by atoms with Gasteiger partial charge >= 0.3 is 12.2 Å². The van der Waals surface area contributed by atoms with Gasteiger partial charge in [-0.1, -0.05) is 68.2 Å². The van der Waals surface area contributed by atoms with Crippen molar-refractivity contribution in [3.63, 3.8) is 0 Å². The molecular weight excluding hydrogens is 552 g/mol. The molecule has 1 heterocycles. The molecule has 1 unspecified atom stereocenters. The van der Waals surface area contributed by atoms with Crippen LogP contribution in [0.2, 0.25) is 25.7 Å². The molecule has 0 radical (unpaired) electrons. The van der Waals surface area contributed by atoms with E-state index >= 15 is 0 Å². The maximum atomic E-state index is 12.5. The van der Waals surface area contributed by atoms with Crippen LogP contribution < -0.4 is 10.6 Å². The van der Waals surface area contributed by atoms with Crippen molar-refractivity contribution in [1.82, 2.24) is 4.98 Å². The van der Waals surface area contributed by atoms with E-state index < -0.39 is 26.2 Å². The van der Waals surface area contributed by atoms with E-state index in [0.29, 0.717) is 29.1 Å². The second kappa shape index (κ2) is 13.3. The van der Waals surface area contributed by atoms with E-state index in [0.717, 1.165) is 28.1 Å². The number of benzene rings is 3. The zero-order chi connectivity index (χ0) is 30.3. The Kier molecular flexibility index (Phi) is 9.63. The van der Waals surface area contributed by atoms with E-state index in [-0.39, 0.29) is 18.1 Å². The highest BCUT2D eigenvalue weighted by molar-refractivity contribution is 6.76. The fourth-order valence-corrected chi connectivity index (χ4v) is 5.38. The van der Waals surface area contributed by atoms with Crippen molar-refractivity contribution in [2.45, 2.75) is 45.1 Å². The van der Waals surface area contributed by atoms with Gasteiger partial charge in [-0.25, -0.2) is 9.59 Å². The summed E-state index contributed by atoms with van der Waals surface area (Å²) >= 11 is 0. The Morgan fingerprint density at radius 1 is 0.952 bits per heavy atom. The van der Waals surface area contributed by atoms with Crippen LogP contribution >= 0.6 is 0 Å². The molecule has 42 heavy (non-hydrogen) atoms. The molecule has 0 aliphatic heterocycles. The number of hydrogen-bond acceptors (Lipinski definition) is 6. The summed E-state index contributed by atoms with van der Waals surface area (Å²) in [5.41, 5.74) is 4.79. The predicted molar refractivity (Wildman–Crippen MR) is 167 cm³/mol. The summed E-state index contributed by atoms with van der Waals surface area (Å²) in [4.78, 5) is 39.4. The van der Waals surface area contributed by atoms with Crippen LogP contribution in [-0.2, 0) is 16.1 Å². The molecule has 220 valence electrons. The van der Waals surface area contributed by atoms with Crippen LogP contribution in [0.3, 0.4) is 0 Å². The molecule has 11 heteroatoms. The lowest BCUT2D eigenvalue weighted by Gasteiger charge is -2.18. The van der Waals surface area contributed by atoms with Gasteiger partial charge in [0.15, 0.2) is 0 Å². The Bertz CT molecular complexity index is 1560. The van der Waals surface area contributed by atoms with Crippen molar-refractivity contribution in [2.24, 2.45) is 0 Å². The van der Waals surface area contributed by atoms with E-state index in [4.69, 9.17) is 9.47 Å². The molecule has 0 bridgehead atoms. The number of anilines is 2. The molecule has 0 saturated carbocycles. The Morgan fingerprint density at radius 2 is 1.69 bits per heavy atom. The van der Waals surface area contributed by atoms with Gasteiger partial charge in [-0.2, -0.15) is 0 Å². The third kappa shape index (κ3) is 8.20. The zero-order valence-electron chi connectivity index (χ0n) is 24.2. The number of carbonyl (C=O) groups is 2. The van der Waals surface area contributed by atoms with Crippen molar-refractivity contribution in [3.05, 3.63) is 105 Å². The van der Waals surface area contributed by atoms with E-state index in [1.54, 1.807) is 30.5 Å². The van der Waals surface area contributed by atoms with Gasteiger partial charge in [0, 0.05) is 41.5 Å². The molecule has 0 fully saturated rings. The van der Waals surface area contributed by atoms with Gasteiger partial charge in [0.2, 0.25) is 6.54 Å². The first-order valence-corrected chi connectivity index (χ1v) is 17.4. The Morgan fingerprint density at radius 3 is 2.40 bits per heavy atom. The number of carbonyl (C=O) groups excluding carboxylic acids is 2. The number of ether oxygens (including phenoxy) is 2. The molecular formula is C31H36N4O6Si. The van der Waals surface area contributed by atoms with Crippen molar-refractivity contribution >= 4 is 42.5 Å². The van der Waals surface area contributed by atoms with E-state index in [1.807, 2.05) is 49.4 Å². The van der Waals surface area contributed by atoms with Crippen molar-refractivity contribution < 1.29 is 24.0 Å². The zero-order valence-corrected chi connectivity index (χ0v) is 25.2. The lowest BCUT2D eigenvalue weighted by atomic mass is 9.87. The van der Waals surface area contributed by atoms with Crippen LogP contribution in [0.25, 0.3) is 10.9 Å². The van der Waals surface area contributed by atoms with Gasteiger partial charge < -0.3 is 14.5 Å². The number of H-pyrrole nitrogens is 1. The highest BCUT2D eigenvalue weighted by atomic mass is 28.3. The molecule has 4 rings (SSSR count). The second-order valence-corrected chi connectivity index (χ2v) is 17.0. The summed E-state index contributed by atoms with van der Waals surface area (Å²) in [7, 11) is -1.32. The van der Waals surface area contributed by atoms with Crippen LogP contribution in [-0.4, -0.2) is 43.3 Å². The topological polar surface area (TPSA) is 136 Å². The number of nitrogens with zero attached hydrogens (tertiary/aromatic N) is 1. The first-order valence-electron chi connectivity index (χ1n) is 13.7. The summed E-state index contributed by atoms with van der Waals surface area (Å²) in [5.74, 6) is -0.596. The van der Waals surface area contributed by atoms with Gasteiger partial charge in [0.05, 0.1) is 12.5 Å². The fourth-order valence-electron chi connectivity index (χ4n) is 4.67. The molecule has 3 N–H and O–H groups in total. The molecule has 0 aliphatic rings. The summed E-state index contributed by atoms with van der Waals surface area (Å²) in [6, 6.07) is 20.9. The Hall–Kier alpha value is -4.64. The molecule has 10 nitrogen and oxygen atoms in total. The average molecular weight is 589 g/mol. The fraction of sp³-hybridized carbons (Fsp3) is 0.290. The Labute approximate surface area is 245 Å². The number of hydrogen-bond donors (Lipinski definition) is 3. The van der Waals surface area contributed by atoms with Crippen LogP contribution in [0, 0.1) is 17.0 Å². The van der Waals surface area contributed by atoms with Crippen LogP contribution in [0.5, 0.6) is 0 Å². The smallest absolute Gasteiger partial charge is 0.411 e. The largest absolute Gasteiger partial charge is 0.450 e. The van der Waals surface area contributed by atoms with Crippen LogP contribution in [0.4, 0.5) is 21.0 Å². The predicted octanol–water partition coefficient (Wildman–Crippen LogP) is 7.52. The molecule has 4 aromatic rings. The lowest BCUT2D eigenvalue weighted by Crippen LogP contribution is -2.24. The highest BCUT2D eigenvalue weighted by Crippen LogP contribution is 2.35. The van der Waals surface area contributed by atoms with E-state index in [1.165, 1.54) is 0 Å². The molecule has 3 aromatic carbocycles. The Balaban J connectivity index is 1.52. The van der Waals surface area contributed by atoms with Crippen molar-refractivity contribution in [1.29, 1.82) is 0 Å².